The van der Waals surface area contributed by atoms with Gasteiger partial charge in [-0.05, 0) is 6.42 Å². The van der Waals surface area contributed by atoms with E-state index >= 15 is 0 Å². The van der Waals surface area contributed by atoms with Gasteiger partial charge in [0.2, 0.25) is 0 Å². The van der Waals surface area contributed by atoms with Gasteiger partial charge in [-0.1, -0.05) is 32.6 Å². The van der Waals surface area contributed by atoms with Crippen LogP contribution >= 0.6 is 25.8 Å². The molecule has 0 radical (unpaired) electrons. The Morgan fingerprint density at radius 1 is 0.824 bits per heavy atom. The molecule has 0 amide bonds. The summed E-state index contributed by atoms with van der Waals surface area (Å²) in [5.74, 6) is 0. The molecule has 0 fully saturated rings. The Morgan fingerprint density at radius 2 is 1.35 bits per heavy atom. The first-order valence-electron chi connectivity index (χ1n) is 5.21. The average molecular weight is 308 g/mol. The molecule has 0 aliphatic heterocycles. The Kier molecular flexibility index (Phi) is 12.8. The molecular formula is C7H19O7P3. The maximum Gasteiger partial charge on any atom is 0.347 e. The topological polar surface area (TPSA) is 109 Å². The lowest BCUT2D eigenvalue weighted by Crippen LogP contribution is -1.93. The molecular weight excluding hydrogens is 289 g/mol. The maximum absolute atomic E-state index is 8.61. The molecule has 0 aliphatic carbocycles. The third-order valence-electron chi connectivity index (χ3n) is 1.72. The van der Waals surface area contributed by atoms with Crippen LogP contribution in [-0.4, -0.2) is 26.2 Å². The first-order chi connectivity index (χ1) is 8.06. The number of rotatable bonds is 11. The molecule has 0 saturated carbocycles. The molecule has 10 heteroatoms. The molecule has 7 nitrogen and oxygen atoms in total. The van der Waals surface area contributed by atoms with Gasteiger partial charge in [0, 0.05) is 0 Å². The fourth-order valence-electron chi connectivity index (χ4n) is 1.03. The van der Waals surface area contributed by atoms with Gasteiger partial charge >= 0.3 is 25.8 Å². The monoisotopic (exact) mass is 308 g/mol. The molecule has 104 valence electrons. The van der Waals surface area contributed by atoms with E-state index in [4.69, 9.17) is 24.1 Å². The summed E-state index contributed by atoms with van der Waals surface area (Å²) < 4.78 is 14.0. The van der Waals surface area contributed by atoms with Crippen LogP contribution < -0.4 is 0 Å². The fraction of sp³-hybridized carbons (Fsp3) is 1.00. The summed E-state index contributed by atoms with van der Waals surface area (Å²) in [6.45, 7) is 2.44. The van der Waals surface area contributed by atoms with Crippen LogP contribution in [0.25, 0.3) is 0 Å². The van der Waals surface area contributed by atoms with Crippen molar-refractivity contribution in [3.8, 4) is 0 Å². The van der Waals surface area contributed by atoms with Gasteiger partial charge in [-0.3, -0.25) is 0 Å². The highest BCUT2D eigenvalue weighted by molar-refractivity contribution is 7.60. The minimum Gasteiger partial charge on any atom is -0.328 e. The zero-order valence-corrected chi connectivity index (χ0v) is 12.3. The molecule has 0 aliphatic rings. The Morgan fingerprint density at radius 3 is 1.82 bits per heavy atom. The van der Waals surface area contributed by atoms with Crippen LogP contribution in [0.15, 0.2) is 0 Å². The van der Waals surface area contributed by atoms with Crippen LogP contribution in [0.2, 0.25) is 0 Å². The number of hydrogen-bond donors (Lipinski definition) is 4. The Hall–Kier alpha value is 1.01. The van der Waals surface area contributed by atoms with E-state index in [-0.39, 0.29) is 0 Å². The van der Waals surface area contributed by atoms with E-state index in [1.165, 1.54) is 6.42 Å². The van der Waals surface area contributed by atoms with Crippen molar-refractivity contribution in [2.75, 3.05) is 6.61 Å². The van der Waals surface area contributed by atoms with Gasteiger partial charge in [0.05, 0.1) is 6.61 Å². The van der Waals surface area contributed by atoms with Gasteiger partial charge in [-0.15, -0.1) is 0 Å². The molecule has 0 unspecified atom stereocenters. The van der Waals surface area contributed by atoms with Crippen LogP contribution in [0.5, 0.6) is 0 Å². The van der Waals surface area contributed by atoms with E-state index < -0.39 is 25.8 Å². The van der Waals surface area contributed by atoms with E-state index in [2.05, 4.69) is 15.5 Å². The summed E-state index contributed by atoms with van der Waals surface area (Å²) >= 11 is 0. The van der Waals surface area contributed by atoms with Gasteiger partial charge in [0.15, 0.2) is 0 Å². The molecule has 0 saturated heterocycles. The van der Waals surface area contributed by atoms with Crippen molar-refractivity contribution in [2.45, 2.75) is 39.0 Å². The van der Waals surface area contributed by atoms with Crippen LogP contribution in [0, 0.1) is 0 Å². The molecule has 0 aromatic heterocycles. The Balaban J connectivity index is 3.60. The van der Waals surface area contributed by atoms with Crippen molar-refractivity contribution in [1.29, 1.82) is 0 Å². The highest BCUT2D eigenvalue weighted by Gasteiger charge is 2.21. The summed E-state index contributed by atoms with van der Waals surface area (Å²) in [4.78, 5) is 34.4. The third kappa shape index (κ3) is 13.2. The highest BCUT2D eigenvalue weighted by Crippen LogP contribution is 2.56. The molecule has 0 spiro atoms. The second-order valence-electron chi connectivity index (χ2n) is 3.14. The summed E-state index contributed by atoms with van der Waals surface area (Å²) in [6.07, 6.45) is 5.21. The lowest BCUT2D eigenvalue weighted by atomic mass is 10.2. The average Bonchev–Trinajstić information content (AvgIpc) is 2.21. The largest absolute Gasteiger partial charge is 0.347 e. The molecule has 0 rings (SSSR count). The van der Waals surface area contributed by atoms with E-state index in [0.29, 0.717) is 6.61 Å². The first-order valence-corrected chi connectivity index (χ1v) is 8.63. The summed E-state index contributed by atoms with van der Waals surface area (Å²) in [5, 5.41) is 0. The van der Waals surface area contributed by atoms with Crippen molar-refractivity contribution in [3.63, 3.8) is 0 Å². The van der Waals surface area contributed by atoms with E-state index in [9.17, 15) is 0 Å². The van der Waals surface area contributed by atoms with E-state index in [1.54, 1.807) is 0 Å². The summed E-state index contributed by atoms with van der Waals surface area (Å²) in [5.41, 5.74) is 0. The lowest BCUT2D eigenvalue weighted by Gasteiger charge is -2.16. The van der Waals surface area contributed by atoms with Gasteiger partial charge in [0.1, 0.15) is 0 Å². The zero-order valence-electron chi connectivity index (χ0n) is 9.60. The maximum atomic E-state index is 8.61. The van der Waals surface area contributed by atoms with E-state index in [0.717, 1.165) is 25.7 Å². The molecule has 0 aromatic rings. The van der Waals surface area contributed by atoms with Gasteiger partial charge in [-0.25, -0.2) is 8.62 Å². The Labute approximate surface area is 105 Å². The molecule has 0 bridgehead atoms. The van der Waals surface area contributed by atoms with Crippen molar-refractivity contribution in [1.82, 2.24) is 0 Å². The Bertz CT molecular complexity index is 162. The van der Waals surface area contributed by atoms with Crippen LogP contribution in [-0.2, 0) is 13.1 Å². The minimum atomic E-state index is -2.63. The molecule has 0 atom stereocenters. The lowest BCUT2D eigenvalue weighted by molar-refractivity contribution is 0.237. The predicted octanol–water partition coefficient (Wildman–Crippen LogP) is 2.66. The molecule has 17 heavy (non-hydrogen) atoms. The van der Waals surface area contributed by atoms with Gasteiger partial charge < -0.3 is 24.1 Å². The predicted molar refractivity (Wildman–Crippen MR) is 66.5 cm³/mol. The summed E-state index contributed by atoms with van der Waals surface area (Å²) in [6, 6.07) is 0. The minimum absolute atomic E-state index is 0.321. The third-order valence-corrected chi connectivity index (χ3v) is 4.35. The number of unbranched alkanes of at least 4 members (excludes halogenated alkanes) is 4. The number of hydrogen-bond acceptors (Lipinski definition) is 7. The molecule has 0 heterocycles. The zero-order chi connectivity index (χ0) is 13.1. The SMILES string of the molecule is CCCCCCCOP(OP(O)O)OP(O)O. The second kappa shape index (κ2) is 12.1. The normalized spacial score (nSPS) is 12.0. The standard InChI is InChI=1S/C7H19O7P3/c1-2-3-4-5-6-7-12-17(13-15(8)9)14-16(10)11/h8-11H,2-7H2,1H3. The van der Waals surface area contributed by atoms with Gasteiger partial charge in [-0.2, -0.15) is 0 Å². The van der Waals surface area contributed by atoms with Crippen LogP contribution in [0.1, 0.15) is 39.0 Å². The highest BCUT2D eigenvalue weighted by atomic mass is 31.3. The quantitative estimate of drug-likeness (QED) is 0.343. The smallest absolute Gasteiger partial charge is 0.328 e. The van der Waals surface area contributed by atoms with Crippen molar-refractivity contribution >= 4 is 25.8 Å². The fourth-order valence-corrected chi connectivity index (χ4v) is 3.02. The summed E-state index contributed by atoms with van der Waals surface area (Å²) in [7, 11) is -7.37. The molecule has 0 aromatic carbocycles. The van der Waals surface area contributed by atoms with Gasteiger partial charge in [0.25, 0.3) is 0 Å². The van der Waals surface area contributed by atoms with Crippen molar-refractivity contribution in [2.24, 2.45) is 0 Å². The molecule has 4 N–H and O–H groups in total. The first kappa shape index (κ1) is 18.0. The van der Waals surface area contributed by atoms with Crippen molar-refractivity contribution < 1.29 is 32.7 Å². The van der Waals surface area contributed by atoms with E-state index in [1.807, 2.05) is 0 Å². The van der Waals surface area contributed by atoms with Crippen molar-refractivity contribution in [3.05, 3.63) is 0 Å². The second-order valence-corrected chi connectivity index (χ2v) is 6.16. The van der Waals surface area contributed by atoms with Crippen LogP contribution in [0.3, 0.4) is 0 Å². The van der Waals surface area contributed by atoms with Crippen LogP contribution in [0.4, 0.5) is 0 Å².